The van der Waals surface area contributed by atoms with Gasteiger partial charge in [0.25, 0.3) is 11.8 Å². The van der Waals surface area contributed by atoms with Gasteiger partial charge in [-0.15, -0.1) is 0 Å². The molecular formula is C53H44ClFN6O6. The lowest BCUT2D eigenvalue weighted by Crippen LogP contribution is -2.53. The van der Waals surface area contributed by atoms with E-state index in [9.17, 15) is 19.1 Å². The van der Waals surface area contributed by atoms with Crippen molar-refractivity contribution in [3.8, 4) is 11.5 Å². The number of imide groups is 2. The normalized spacial score (nSPS) is 23.2. The highest BCUT2D eigenvalue weighted by atomic mass is 35.5. The molecule has 67 heavy (non-hydrogen) atoms. The predicted octanol–water partition coefficient (Wildman–Crippen LogP) is 10.4. The minimum Gasteiger partial charge on any atom is -0.508 e. The van der Waals surface area contributed by atoms with Crippen molar-refractivity contribution < 1.29 is 33.4 Å². The van der Waals surface area contributed by atoms with Crippen molar-refractivity contribution in [1.82, 2.24) is 5.01 Å². The van der Waals surface area contributed by atoms with E-state index in [4.69, 9.17) is 16.3 Å². The van der Waals surface area contributed by atoms with Crippen LogP contribution in [-0.4, -0.2) is 47.8 Å². The molecule has 4 amide bonds. The van der Waals surface area contributed by atoms with Gasteiger partial charge in [-0.1, -0.05) is 71.8 Å². The molecule has 2 aliphatic carbocycles. The van der Waals surface area contributed by atoms with Crippen LogP contribution < -0.4 is 20.0 Å². The number of hydrogen-bond acceptors (Lipinski definition) is 10. The molecular weight excluding hydrogens is 871 g/mol. The van der Waals surface area contributed by atoms with Crippen LogP contribution in [0.3, 0.4) is 0 Å². The number of hydrogen-bond donors (Lipinski definition) is 2. The number of rotatable bonds is 11. The molecule has 6 aromatic rings. The number of nitrogens with one attached hydrogen (secondary N) is 1. The number of carbonyl (C=O) groups excluding carboxylic acids is 4. The number of carbonyl (C=O) groups is 4. The fourth-order valence-corrected chi connectivity index (χ4v) is 10.6. The summed E-state index contributed by atoms with van der Waals surface area (Å²) >= 11 is 6.45. The van der Waals surface area contributed by atoms with E-state index in [1.165, 1.54) is 35.2 Å². The molecule has 6 aromatic carbocycles. The van der Waals surface area contributed by atoms with Crippen LogP contribution in [0.2, 0.25) is 5.02 Å². The van der Waals surface area contributed by atoms with Crippen LogP contribution in [0.15, 0.2) is 167 Å². The van der Waals surface area contributed by atoms with Crippen LogP contribution in [0.1, 0.15) is 35.4 Å². The van der Waals surface area contributed by atoms with Crippen LogP contribution in [0.5, 0.6) is 11.5 Å². The van der Waals surface area contributed by atoms with Gasteiger partial charge >= 0.3 is 0 Å². The van der Waals surface area contributed by atoms with E-state index in [1.54, 1.807) is 60.7 Å². The summed E-state index contributed by atoms with van der Waals surface area (Å²) in [6.07, 6.45) is 2.12. The molecule has 0 aromatic heterocycles. The first-order valence-corrected chi connectivity index (χ1v) is 22.3. The highest BCUT2D eigenvalue weighted by Crippen LogP contribution is 2.65. The standard InChI is InChI=1S/C53H44ClFN6O6/c1-59(2)38-20-16-35(17-21-38)56-57-36-18-22-39(23-19-36)60-49(63)43-27-26-41-44(47(43)51(60)65)29-45-50(64)61(58-37-14-12-34(55)13-15-37)52(66)53(45,32-8-10-33(54)11-9-32)48(41)42-25-24-40(28-46(42)62)67-30-31-6-4-3-5-7-31/h3-26,28,43-45,47-48,58,62H,27,29-30H2,1-2H3. The summed E-state index contributed by atoms with van der Waals surface area (Å²) in [6.45, 7) is 0.234. The fourth-order valence-electron chi connectivity index (χ4n) is 10.5. The van der Waals surface area contributed by atoms with Gasteiger partial charge in [-0.25, -0.2) is 4.39 Å². The summed E-state index contributed by atoms with van der Waals surface area (Å²) in [5, 5.41) is 22.2. The zero-order chi connectivity index (χ0) is 46.6. The van der Waals surface area contributed by atoms with E-state index >= 15 is 9.59 Å². The Balaban J connectivity index is 1.04. The molecule has 1 saturated carbocycles. The second-order valence-corrected chi connectivity index (χ2v) is 17.9. The molecule has 0 spiro atoms. The number of benzene rings is 6. The van der Waals surface area contributed by atoms with Gasteiger partial charge in [-0.2, -0.15) is 15.2 Å². The number of fused-ring (bicyclic) bond motifs is 4. The lowest BCUT2D eigenvalue weighted by Gasteiger charge is -2.50. The van der Waals surface area contributed by atoms with Gasteiger partial charge in [0.15, 0.2) is 0 Å². The largest absolute Gasteiger partial charge is 0.508 e. The first-order valence-electron chi connectivity index (χ1n) is 22.0. The van der Waals surface area contributed by atoms with Crippen molar-refractivity contribution in [2.24, 2.45) is 33.9 Å². The zero-order valence-electron chi connectivity index (χ0n) is 36.4. The van der Waals surface area contributed by atoms with E-state index < -0.39 is 58.5 Å². The number of aromatic hydroxyl groups is 1. The monoisotopic (exact) mass is 914 g/mol. The first kappa shape index (κ1) is 43.3. The Hall–Kier alpha value is -7.64. The summed E-state index contributed by atoms with van der Waals surface area (Å²) < 4.78 is 20.2. The van der Waals surface area contributed by atoms with Crippen molar-refractivity contribution in [3.63, 3.8) is 0 Å². The van der Waals surface area contributed by atoms with Gasteiger partial charge in [0.05, 0.1) is 45.9 Å². The first-order chi connectivity index (χ1) is 32.4. The lowest BCUT2D eigenvalue weighted by molar-refractivity contribution is -0.138. The smallest absolute Gasteiger partial charge is 0.260 e. The summed E-state index contributed by atoms with van der Waals surface area (Å²) in [4.78, 5) is 63.2. The number of nitrogens with zero attached hydrogens (tertiary/aromatic N) is 5. The van der Waals surface area contributed by atoms with Crippen molar-refractivity contribution >= 4 is 63.7 Å². The molecule has 12 nitrogen and oxygen atoms in total. The average molecular weight is 915 g/mol. The van der Waals surface area contributed by atoms with Crippen LogP contribution in [0.25, 0.3) is 0 Å². The minimum absolute atomic E-state index is 0.0268. The Labute approximate surface area is 390 Å². The predicted molar refractivity (Wildman–Crippen MR) is 252 cm³/mol. The van der Waals surface area contributed by atoms with E-state index in [-0.39, 0.29) is 31.1 Å². The molecule has 2 saturated heterocycles. The molecule has 2 heterocycles. The van der Waals surface area contributed by atoms with Crippen LogP contribution in [0, 0.1) is 29.5 Å². The van der Waals surface area contributed by atoms with E-state index in [0.29, 0.717) is 50.2 Å². The van der Waals surface area contributed by atoms with Crippen molar-refractivity contribution in [3.05, 3.63) is 185 Å². The Morgan fingerprint density at radius 1 is 0.791 bits per heavy atom. The van der Waals surface area contributed by atoms with Crippen molar-refractivity contribution in [2.75, 3.05) is 29.3 Å². The number of hydrazine groups is 1. The van der Waals surface area contributed by atoms with Crippen LogP contribution in [-0.2, 0) is 31.2 Å². The van der Waals surface area contributed by atoms with Gasteiger partial charge in [0.2, 0.25) is 11.8 Å². The fraction of sp³-hybridized carbons (Fsp3) is 0.208. The average Bonchev–Trinajstić information content (AvgIpc) is 3.72. The highest BCUT2D eigenvalue weighted by molar-refractivity contribution is 6.30. The Morgan fingerprint density at radius 2 is 1.46 bits per heavy atom. The molecule has 2 aliphatic heterocycles. The van der Waals surface area contributed by atoms with Gasteiger partial charge in [0.1, 0.15) is 23.9 Å². The number of ether oxygens (including phenoxy) is 1. The number of halogens is 2. The van der Waals surface area contributed by atoms with E-state index in [2.05, 4.69) is 15.7 Å². The van der Waals surface area contributed by atoms with Gasteiger partial charge in [-0.05, 0) is 121 Å². The molecule has 0 bridgehead atoms. The molecule has 10 rings (SSSR count). The van der Waals surface area contributed by atoms with Gasteiger partial charge in [0, 0.05) is 42.4 Å². The molecule has 0 radical (unpaired) electrons. The second-order valence-electron chi connectivity index (χ2n) is 17.5. The number of phenols is 1. The summed E-state index contributed by atoms with van der Waals surface area (Å²) in [6, 6.07) is 40.8. The number of azo groups is 1. The zero-order valence-corrected chi connectivity index (χ0v) is 37.2. The molecule has 6 unspecified atom stereocenters. The van der Waals surface area contributed by atoms with Crippen molar-refractivity contribution in [1.29, 1.82) is 0 Å². The summed E-state index contributed by atoms with van der Waals surface area (Å²) in [5.74, 6) is -6.75. The molecule has 6 atom stereocenters. The van der Waals surface area contributed by atoms with Crippen LogP contribution in [0.4, 0.5) is 32.8 Å². The maximum absolute atomic E-state index is 15.6. The Bertz CT molecular complexity index is 2970. The van der Waals surface area contributed by atoms with Crippen LogP contribution >= 0.6 is 11.6 Å². The number of anilines is 3. The highest BCUT2D eigenvalue weighted by Gasteiger charge is 2.70. The second kappa shape index (κ2) is 17.3. The Kier molecular flexibility index (Phi) is 11.2. The van der Waals surface area contributed by atoms with E-state index in [0.717, 1.165) is 16.3 Å². The number of phenolic OH excluding ortho intramolecular Hbond substituents is 1. The SMILES string of the molecule is CN(C)c1ccc(N=Nc2ccc(N3C(=O)C4CC=C5C(CC6C(=O)N(Nc7ccc(F)cc7)C(=O)C6(c6ccc(Cl)cc6)C5c5ccc(OCc6ccccc6)cc5O)C4C3=O)cc2)cc1. The van der Waals surface area contributed by atoms with E-state index in [1.807, 2.05) is 79.7 Å². The maximum atomic E-state index is 15.6. The summed E-state index contributed by atoms with van der Waals surface area (Å²) in [7, 11) is 3.91. The molecule has 14 heteroatoms. The molecule has 2 N–H and O–H groups in total. The quantitative estimate of drug-likeness (QED) is 0.0743. The lowest BCUT2D eigenvalue weighted by atomic mass is 9.49. The third kappa shape index (κ3) is 7.58. The third-order valence-corrected chi connectivity index (χ3v) is 13.8. The number of allylic oxidation sites excluding steroid dienone is 2. The molecule has 4 aliphatic rings. The number of amides is 4. The minimum atomic E-state index is -1.68. The topological polar surface area (TPSA) is 144 Å². The molecule has 336 valence electrons. The molecule has 3 fully saturated rings. The third-order valence-electron chi connectivity index (χ3n) is 13.6. The Morgan fingerprint density at radius 3 is 2.12 bits per heavy atom. The summed E-state index contributed by atoms with van der Waals surface area (Å²) in [5.41, 5.74) is 6.52. The van der Waals surface area contributed by atoms with Gasteiger partial charge in [-0.3, -0.25) is 29.5 Å². The van der Waals surface area contributed by atoms with Gasteiger partial charge < -0.3 is 14.7 Å². The maximum Gasteiger partial charge on any atom is 0.260 e. The van der Waals surface area contributed by atoms with Crippen molar-refractivity contribution in [2.45, 2.75) is 30.8 Å².